The minimum Gasteiger partial charge on any atom is -0.471 e. The van der Waals surface area contributed by atoms with Gasteiger partial charge in [0, 0.05) is 5.41 Å². The quantitative estimate of drug-likeness (QED) is 0.550. The highest BCUT2D eigenvalue weighted by Gasteiger charge is 1.99. The van der Waals surface area contributed by atoms with E-state index in [1.54, 1.807) is 0 Å². The van der Waals surface area contributed by atoms with Crippen molar-refractivity contribution in [1.29, 1.82) is 0 Å². The molecular weight excluding hydrogens is 116 g/mol. The van der Waals surface area contributed by atoms with Gasteiger partial charge in [-0.15, -0.1) is 0 Å². The van der Waals surface area contributed by atoms with Crippen LogP contribution in [0.3, 0.4) is 0 Å². The van der Waals surface area contributed by atoms with Gasteiger partial charge in [0.15, 0.2) is 10.8 Å². The van der Waals surface area contributed by atoms with Crippen molar-refractivity contribution in [1.82, 2.24) is 0 Å². The van der Waals surface area contributed by atoms with E-state index in [-0.39, 0.29) is 0 Å². The van der Waals surface area contributed by atoms with Crippen LogP contribution in [0.4, 0.5) is 4.79 Å². The van der Waals surface area contributed by atoms with Gasteiger partial charge in [0.25, 0.3) is 0 Å². The monoisotopic (exact) mass is 120 g/mol. The van der Waals surface area contributed by atoms with Gasteiger partial charge in [0.2, 0.25) is 0 Å². The Balaban J connectivity index is 3.81. The summed E-state index contributed by atoms with van der Waals surface area (Å²) in [6.45, 7) is 3.00. The molecule has 0 aromatic rings. The molecule has 0 rings (SSSR count). The molecule has 0 bridgehead atoms. The van der Waals surface area contributed by atoms with Crippen LogP contribution in [0.15, 0.2) is 12.0 Å². The third kappa shape index (κ3) is 2.11. The van der Waals surface area contributed by atoms with Crippen molar-refractivity contribution in [3.05, 3.63) is 12.0 Å². The fourth-order valence-corrected chi connectivity index (χ4v) is 0.214. The largest absolute Gasteiger partial charge is 0.471 e. The van der Waals surface area contributed by atoms with E-state index in [9.17, 15) is 9.00 Å². The molecule has 0 heterocycles. The molecule has 0 saturated carbocycles. The number of carbonyl (C=O) groups is 1. The van der Waals surface area contributed by atoms with Crippen LogP contribution in [0.5, 0.6) is 0 Å². The summed E-state index contributed by atoms with van der Waals surface area (Å²) >= 11 is 0. The van der Waals surface area contributed by atoms with E-state index in [4.69, 9.17) is 5.11 Å². The second-order valence-electron chi connectivity index (χ2n) is 0.730. The third-order valence-electron chi connectivity index (χ3n) is 0.323. The number of rotatable bonds is 1. The average Bonchev–Trinajstić information content (AvgIpc) is 1.65. The van der Waals surface area contributed by atoms with Gasteiger partial charge in [0.05, 0.1) is 0 Å². The van der Waals surface area contributed by atoms with Crippen molar-refractivity contribution < 1.29 is 14.1 Å². The van der Waals surface area contributed by atoms with Crippen molar-refractivity contribution in [2.75, 3.05) is 0 Å². The summed E-state index contributed by atoms with van der Waals surface area (Å²) in [5.74, 6) is 0. The van der Waals surface area contributed by atoms with Gasteiger partial charge in [-0.3, -0.25) is 0 Å². The van der Waals surface area contributed by atoms with E-state index in [2.05, 4.69) is 6.58 Å². The van der Waals surface area contributed by atoms with E-state index in [1.165, 1.54) is 0 Å². The Morgan fingerprint density at radius 3 is 2.29 bits per heavy atom. The molecular formula is C3H4O3S. The Morgan fingerprint density at radius 1 is 1.86 bits per heavy atom. The van der Waals surface area contributed by atoms with Crippen molar-refractivity contribution in [3.8, 4) is 0 Å². The summed E-state index contributed by atoms with van der Waals surface area (Å²) < 4.78 is 9.91. The highest BCUT2D eigenvalue weighted by atomic mass is 32.2. The Morgan fingerprint density at radius 2 is 2.29 bits per heavy atom. The molecule has 0 aliphatic rings. The Hall–Kier alpha value is -0.640. The Labute approximate surface area is 43.1 Å². The number of hydrogen-bond acceptors (Lipinski definition) is 2. The molecule has 1 N–H and O–H groups in total. The lowest BCUT2D eigenvalue weighted by molar-refractivity contribution is 0.221. The van der Waals surface area contributed by atoms with Crippen LogP contribution in [-0.2, 0) is 10.8 Å². The zero-order chi connectivity index (χ0) is 5.86. The minimum atomic E-state index is -1.90. The average molecular weight is 120 g/mol. The zero-order valence-electron chi connectivity index (χ0n) is 3.46. The first kappa shape index (κ1) is 6.36. The number of hydrogen-bond donors (Lipinski definition) is 1. The van der Waals surface area contributed by atoms with Crippen LogP contribution < -0.4 is 0 Å². The van der Waals surface area contributed by atoms with Crippen molar-refractivity contribution >= 4 is 16.1 Å². The first-order valence-electron chi connectivity index (χ1n) is 1.44. The molecule has 0 aliphatic carbocycles. The van der Waals surface area contributed by atoms with Crippen LogP contribution >= 0.6 is 0 Å². The van der Waals surface area contributed by atoms with Gasteiger partial charge in [-0.1, -0.05) is 6.58 Å². The Bertz CT molecular complexity index is 117. The molecule has 0 aromatic carbocycles. The first-order chi connectivity index (χ1) is 3.18. The van der Waals surface area contributed by atoms with Crippen LogP contribution in [0.2, 0.25) is 0 Å². The maximum Gasteiger partial charge on any atom is 0.399 e. The molecule has 3 nitrogen and oxygen atoms in total. The van der Waals surface area contributed by atoms with E-state index >= 15 is 0 Å². The molecule has 0 radical (unpaired) electrons. The van der Waals surface area contributed by atoms with Gasteiger partial charge in [-0.2, -0.15) is 0 Å². The van der Waals surface area contributed by atoms with Gasteiger partial charge < -0.3 is 5.11 Å². The van der Waals surface area contributed by atoms with E-state index in [0.29, 0.717) is 0 Å². The molecule has 7 heavy (non-hydrogen) atoms. The predicted octanol–water partition coefficient (Wildman–Crippen LogP) is 0.557. The Kier molecular flexibility index (Phi) is 2.29. The lowest BCUT2D eigenvalue weighted by Crippen LogP contribution is -1.97. The van der Waals surface area contributed by atoms with Gasteiger partial charge in [0.1, 0.15) is 0 Å². The van der Waals surface area contributed by atoms with Gasteiger partial charge >= 0.3 is 5.30 Å². The van der Waals surface area contributed by atoms with Crippen LogP contribution in [0.1, 0.15) is 0 Å². The lowest BCUT2D eigenvalue weighted by Gasteiger charge is -1.77. The standard InChI is InChI=1S/C3H4O3S/c1-2-7(6)3(4)5/h2H,1H2,(H,4,5). The molecule has 40 valence electrons. The highest BCUT2D eigenvalue weighted by Crippen LogP contribution is 1.80. The second-order valence-corrected chi connectivity index (χ2v) is 2.01. The molecule has 0 spiro atoms. The summed E-state index contributed by atoms with van der Waals surface area (Å²) in [5.41, 5.74) is 0. The first-order valence-corrected chi connectivity index (χ1v) is 2.66. The summed E-state index contributed by atoms with van der Waals surface area (Å²) in [7, 11) is -1.90. The topological polar surface area (TPSA) is 54.4 Å². The summed E-state index contributed by atoms with van der Waals surface area (Å²) in [6, 6.07) is 0. The van der Waals surface area contributed by atoms with Crippen molar-refractivity contribution in [2.24, 2.45) is 0 Å². The molecule has 0 amide bonds. The second kappa shape index (κ2) is 2.52. The lowest BCUT2D eigenvalue weighted by atomic mass is 11.3. The fourth-order valence-electron chi connectivity index (χ4n) is 0.0713. The van der Waals surface area contributed by atoms with E-state index in [0.717, 1.165) is 5.41 Å². The maximum atomic E-state index is 9.91. The van der Waals surface area contributed by atoms with Crippen molar-refractivity contribution in [2.45, 2.75) is 0 Å². The van der Waals surface area contributed by atoms with E-state index < -0.39 is 16.1 Å². The highest BCUT2D eigenvalue weighted by molar-refractivity contribution is 8.02. The minimum absolute atomic E-state index is 0.863. The van der Waals surface area contributed by atoms with Crippen molar-refractivity contribution in [3.63, 3.8) is 0 Å². The smallest absolute Gasteiger partial charge is 0.399 e. The molecule has 0 saturated heterocycles. The van der Waals surface area contributed by atoms with E-state index in [1.807, 2.05) is 0 Å². The SMILES string of the molecule is C=CS(=O)C(=O)O. The normalized spacial score (nSPS) is 12.6. The third-order valence-corrected chi connectivity index (χ3v) is 0.970. The molecule has 1 unspecified atom stereocenters. The van der Waals surface area contributed by atoms with Gasteiger partial charge in [-0.05, 0) is 0 Å². The van der Waals surface area contributed by atoms with Crippen LogP contribution in [0.25, 0.3) is 0 Å². The summed E-state index contributed by atoms with van der Waals surface area (Å²) in [5, 5.41) is 7.32. The number of carboxylic acid groups (broad SMARTS) is 1. The maximum absolute atomic E-state index is 9.91. The predicted molar refractivity (Wildman–Crippen MR) is 26.4 cm³/mol. The molecule has 0 aromatic heterocycles. The zero-order valence-corrected chi connectivity index (χ0v) is 4.27. The summed E-state index contributed by atoms with van der Waals surface area (Å²) in [6.07, 6.45) is 0. The summed E-state index contributed by atoms with van der Waals surface area (Å²) in [4.78, 5) is 9.56. The van der Waals surface area contributed by atoms with Crippen LogP contribution in [0, 0.1) is 0 Å². The van der Waals surface area contributed by atoms with Crippen LogP contribution in [-0.4, -0.2) is 14.6 Å². The molecule has 0 aliphatic heterocycles. The fraction of sp³-hybridized carbons (Fsp3) is 0. The molecule has 0 fully saturated rings. The van der Waals surface area contributed by atoms with Gasteiger partial charge in [-0.25, -0.2) is 9.00 Å². The molecule has 4 heteroatoms. The molecule has 1 atom stereocenters.